The second kappa shape index (κ2) is 4.07. The highest BCUT2D eigenvalue weighted by atomic mass is 16.7. The number of carbonyl (C=O) groups excluding carboxylic acids is 1. The summed E-state index contributed by atoms with van der Waals surface area (Å²) in [5.41, 5.74) is 2.75. The van der Waals surface area contributed by atoms with Gasteiger partial charge in [0.2, 0.25) is 5.91 Å². The Bertz CT molecular complexity index is 184. The summed E-state index contributed by atoms with van der Waals surface area (Å²) in [5.74, 6) is 0.482. The molecule has 0 radical (unpaired) electrons. The molecular weight excluding hydrogens is 168 g/mol. The monoisotopic (exact) mass is 184 g/mol. The van der Waals surface area contributed by atoms with Gasteiger partial charge >= 0.3 is 0 Å². The van der Waals surface area contributed by atoms with E-state index in [2.05, 4.69) is 10.8 Å². The van der Waals surface area contributed by atoms with Crippen LogP contribution >= 0.6 is 0 Å². The summed E-state index contributed by atoms with van der Waals surface area (Å²) in [6, 6.07) is 0.174. The summed E-state index contributed by atoms with van der Waals surface area (Å²) in [4.78, 5) is 16.6. The van der Waals surface area contributed by atoms with Crippen LogP contribution in [0.25, 0.3) is 0 Å². The van der Waals surface area contributed by atoms with Crippen molar-refractivity contribution in [3.63, 3.8) is 0 Å². The maximum absolute atomic E-state index is 11.6. The Hall–Kier alpha value is -0.610. The molecule has 2 aliphatic rings. The molecule has 0 spiro atoms. The van der Waals surface area contributed by atoms with Crippen molar-refractivity contribution < 1.29 is 9.63 Å². The van der Waals surface area contributed by atoms with Gasteiger partial charge in [-0.3, -0.25) is 9.63 Å². The summed E-state index contributed by atoms with van der Waals surface area (Å²) < 4.78 is 0. The van der Waals surface area contributed by atoms with Crippen molar-refractivity contribution in [1.29, 1.82) is 0 Å². The molecule has 1 atom stereocenters. The van der Waals surface area contributed by atoms with Crippen molar-refractivity contribution in [2.45, 2.75) is 31.7 Å². The molecule has 2 rings (SSSR count). The van der Waals surface area contributed by atoms with Gasteiger partial charge in [0.05, 0.1) is 12.6 Å². The lowest BCUT2D eigenvalue weighted by atomic mass is 10.1. The van der Waals surface area contributed by atoms with Crippen LogP contribution in [0.4, 0.5) is 0 Å². The van der Waals surface area contributed by atoms with E-state index < -0.39 is 0 Å². The highest BCUT2D eigenvalue weighted by Gasteiger charge is 2.25. The lowest BCUT2D eigenvalue weighted by Crippen LogP contribution is -2.40. The first-order chi connectivity index (χ1) is 6.36. The van der Waals surface area contributed by atoms with Crippen molar-refractivity contribution in [2.75, 3.05) is 13.2 Å². The summed E-state index contributed by atoms with van der Waals surface area (Å²) in [6.45, 7) is 1.33. The first kappa shape index (κ1) is 8.97. The van der Waals surface area contributed by atoms with Gasteiger partial charge in [0.25, 0.3) is 0 Å². The van der Waals surface area contributed by atoms with E-state index in [-0.39, 0.29) is 17.9 Å². The van der Waals surface area contributed by atoms with Crippen molar-refractivity contribution in [3.8, 4) is 0 Å². The molecule has 4 heteroatoms. The molecular formula is C9H16N2O2. The molecule has 1 aliphatic heterocycles. The van der Waals surface area contributed by atoms with E-state index in [0.29, 0.717) is 6.61 Å². The molecule has 0 aromatic rings. The van der Waals surface area contributed by atoms with E-state index in [1.807, 2.05) is 0 Å². The topological polar surface area (TPSA) is 50.4 Å². The summed E-state index contributed by atoms with van der Waals surface area (Å²) in [7, 11) is 0. The van der Waals surface area contributed by atoms with E-state index in [4.69, 9.17) is 4.84 Å². The predicted molar refractivity (Wildman–Crippen MR) is 47.8 cm³/mol. The fraction of sp³-hybridized carbons (Fsp3) is 0.889. The second-order valence-corrected chi connectivity index (χ2v) is 3.85. The number of nitrogens with one attached hydrogen (secondary N) is 2. The number of amides is 1. The number of rotatable bonds is 2. The van der Waals surface area contributed by atoms with Gasteiger partial charge in [-0.1, -0.05) is 12.8 Å². The van der Waals surface area contributed by atoms with E-state index in [9.17, 15) is 4.79 Å². The molecule has 1 saturated heterocycles. The van der Waals surface area contributed by atoms with Crippen LogP contribution in [0.2, 0.25) is 0 Å². The van der Waals surface area contributed by atoms with Crippen LogP contribution in [0, 0.1) is 5.92 Å². The zero-order chi connectivity index (χ0) is 9.10. The Kier molecular flexibility index (Phi) is 2.80. The Balaban J connectivity index is 1.76. The Morgan fingerprint density at radius 3 is 2.77 bits per heavy atom. The van der Waals surface area contributed by atoms with E-state index >= 15 is 0 Å². The van der Waals surface area contributed by atoms with E-state index in [1.165, 1.54) is 12.8 Å². The molecule has 0 aromatic carbocycles. The van der Waals surface area contributed by atoms with Gasteiger partial charge in [-0.15, -0.1) is 0 Å². The largest absolute Gasteiger partial charge is 0.349 e. The predicted octanol–water partition coefficient (Wildman–Crippen LogP) is 0.196. The zero-order valence-electron chi connectivity index (χ0n) is 7.71. The van der Waals surface area contributed by atoms with Crippen LogP contribution in [-0.2, 0) is 9.63 Å². The van der Waals surface area contributed by atoms with Crippen molar-refractivity contribution in [1.82, 2.24) is 10.8 Å². The maximum Gasteiger partial charge on any atom is 0.223 e. The van der Waals surface area contributed by atoms with Crippen molar-refractivity contribution >= 4 is 5.91 Å². The lowest BCUT2D eigenvalue weighted by Gasteiger charge is -2.13. The molecule has 0 aromatic heterocycles. The van der Waals surface area contributed by atoms with Crippen LogP contribution in [0.3, 0.4) is 0 Å². The smallest absolute Gasteiger partial charge is 0.223 e. The third-order valence-electron chi connectivity index (χ3n) is 2.79. The Morgan fingerprint density at radius 2 is 2.15 bits per heavy atom. The average molecular weight is 184 g/mol. The number of hydrogen-bond donors (Lipinski definition) is 2. The molecule has 0 bridgehead atoms. The third kappa shape index (κ3) is 2.19. The lowest BCUT2D eigenvalue weighted by molar-refractivity contribution is -0.125. The van der Waals surface area contributed by atoms with Crippen LogP contribution in [0.1, 0.15) is 25.7 Å². The highest BCUT2D eigenvalue weighted by molar-refractivity contribution is 5.79. The Labute approximate surface area is 78.0 Å². The van der Waals surface area contributed by atoms with Crippen LogP contribution in [0.15, 0.2) is 0 Å². The van der Waals surface area contributed by atoms with E-state index in [0.717, 1.165) is 19.4 Å². The molecule has 1 heterocycles. The average Bonchev–Trinajstić information content (AvgIpc) is 2.74. The quantitative estimate of drug-likeness (QED) is 0.644. The van der Waals surface area contributed by atoms with Crippen LogP contribution in [0.5, 0.6) is 0 Å². The van der Waals surface area contributed by atoms with Gasteiger partial charge in [-0.05, 0) is 12.8 Å². The number of carbonyl (C=O) groups is 1. The highest BCUT2D eigenvalue weighted by Crippen LogP contribution is 2.24. The molecule has 1 aliphatic carbocycles. The Morgan fingerprint density at radius 1 is 1.38 bits per heavy atom. The minimum absolute atomic E-state index is 0.174. The molecule has 2 N–H and O–H groups in total. The normalized spacial score (nSPS) is 29.4. The zero-order valence-corrected chi connectivity index (χ0v) is 7.71. The standard InChI is InChI=1S/C9H16N2O2/c12-9(7-3-1-2-4-7)11-8-5-10-13-6-8/h7-8,10H,1-6H2,(H,11,12)/t8-/m0/s1. The van der Waals surface area contributed by atoms with Gasteiger partial charge in [0.15, 0.2) is 0 Å². The molecule has 1 amide bonds. The van der Waals surface area contributed by atoms with Gasteiger partial charge in [0, 0.05) is 12.5 Å². The second-order valence-electron chi connectivity index (χ2n) is 3.85. The van der Waals surface area contributed by atoms with Gasteiger partial charge < -0.3 is 5.32 Å². The van der Waals surface area contributed by atoms with Gasteiger partial charge in [-0.2, -0.15) is 0 Å². The van der Waals surface area contributed by atoms with Crippen molar-refractivity contribution in [3.05, 3.63) is 0 Å². The summed E-state index contributed by atoms with van der Waals surface area (Å²) in [5, 5.41) is 2.99. The minimum Gasteiger partial charge on any atom is -0.349 e. The molecule has 4 nitrogen and oxygen atoms in total. The summed E-state index contributed by atoms with van der Waals surface area (Å²) >= 11 is 0. The SMILES string of the molecule is O=C(N[C@H]1CNOC1)C1CCCC1. The fourth-order valence-electron chi connectivity index (χ4n) is 1.98. The van der Waals surface area contributed by atoms with Crippen molar-refractivity contribution in [2.24, 2.45) is 5.92 Å². The first-order valence-corrected chi connectivity index (χ1v) is 5.01. The molecule has 2 fully saturated rings. The molecule has 1 saturated carbocycles. The maximum atomic E-state index is 11.6. The minimum atomic E-state index is 0.174. The summed E-state index contributed by atoms with van der Waals surface area (Å²) in [6.07, 6.45) is 4.54. The van der Waals surface area contributed by atoms with Crippen LogP contribution in [-0.4, -0.2) is 25.1 Å². The van der Waals surface area contributed by atoms with E-state index in [1.54, 1.807) is 0 Å². The van der Waals surface area contributed by atoms with Gasteiger partial charge in [0.1, 0.15) is 0 Å². The number of hydroxylamine groups is 1. The number of hydrogen-bond acceptors (Lipinski definition) is 3. The third-order valence-corrected chi connectivity index (χ3v) is 2.79. The van der Waals surface area contributed by atoms with Gasteiger partial charge in [-0.25, -0.2) is 5.48 Å². The molecule has 13 heavy (non-hydrogen) atoms. The first-order valence-electron chi connectivity index (χ1n) is 5.01. The molecule has 0 unspecified atom stereocenters. The fourth-order valence-corrected chi connectivity index (χ4v) is 1.98. The van der Waals surface area contributed by atoms with Crippen LogP contribution < -0.4 is 10.8 Å². The molecule has 74 valence electrons.